The quantitative estimate of drug-likeness (QED) is 0.152. The van der Waals surface area contributed by atoms with Crippen LogP contribution >= 0.6 is 38.1 Å². The molecule has 0 aromatic carbocycles. The van der Waals surface area contributed by atoms with Crippen LogP contribution in [0.2, 0.25) is 0 Å². The summed E-state index contributed by atoms with van der Waals surface area (Å²) in [5.41, 5.74) is 6.46. The van der Waals surface area contributed by atoms with Crippen LogP contribution < -0.4 is 11.3 Å². The molecule has 5 aromatic heterocycles. The Hall–Kier alpha value is -3.29. The van der Waals surface area contributed by atoms with Crippen LogP contribution in [-0.4, -0.2) is 75.0 Å². The van der Waals surface area contributed by atoms with Crippen molar-refractivity contribution in [3.8, 4) is 0 Å². The zero-order valence-corrected chi connectivity index (χ0v) is 27.4. The second-order valence-electron chi connectivity index (χ2n) is 11.2. The number of aromatic nitrogens is 9. The average molecular weight is 727 g/mol. The highest BCUT2D eigenvalue weighted by Crippen LogP contribution is 2.62. The molecule has 18 nitrogen and oxygen atoms in total. The Morgan fingerprint density at radius 3 is 2.64 bits per heavy atom. The van der Waals surface area contributed by atoms with Gasteiger partial charge in [-0.3, -0.25) is 18.4 Å². The number of nitrogen functional groups attached to an aromatic ring is 1. The number of alkyl halides is 1. The highest BCUT2D eigenvalue weighted by molar-refractivity contribution is 8.44. The number of hydrogen-bond acceptors (Lipinski definition) is 14. The molecule has 23 heteroatoms. The van der Waals surface area contributed by atoms with E-state index in [4.69, 9.17) is 28.6 Å². The standard InChI is InChI=1S/C24H25FN10O8P2S2/c1-10-14-11(4-12(14)34-8-30-16-19(26)28-7-29-20(16)34)5-39-45(38,47)43-18-15(25)13(6-40-44(37,46)42-10)41-23(18)35-9-31-17-21(35)32-24-27-2-3-33(24)22(17)36/h2-3,7-9,11-15,18,23H,1,4-6H2,(H,27,32)(H,37,46)(H,38,47)(H2,26,28,29)/t11-,12-,13-,14-,15-,18-,23-,44+,45+/m1/s1. The number of halogens is 1. The van der Waals surface area contributed by atoms with E-state index in [9.17, 15) is 13.9 Å². The summed E-state index contributed by atoms with van der Waals surface area (Å²) < 4.78 is 75.9. The number of thiol groups is 2. The van der Waals surface area contributed by atoms with E-state index < -0.39 is 62.2 Å². The molecule has 3 fully saturated rings. The number of H-pyrrole nitrogens is 1. The van der Waals surface area contributed by atoms with Crippen LogP contribution in [0.3, 0.4) is 0 Å². The van der Waals surface area contributed by atoms with Crippen molar-refractivity contribution in [2.24, 2.45) is 11.8 Å². The number of rotatable bonds is 2. The van der Waals surface area contributed by atoms with E-state index in [1.807, 2.05) is 0 Å². The molecule has 2 bridgehead atoms. The van der Waals surface area contributed by atoms with E-state index in [0.717, 1.165) is 0 Å². The minimum absolute atomic E-state index is 0.00123. The Labute approximate surface area is 273 Å². The number of anilines is 1. The van der Waals surface area contributed by atoms with E-state index in [-0.39, 0.29) is 41.2 Å². The fourth-order valence-corrected chi connectivity index (χ4v) is 9.14. The smallest absolute Gasteiger partial charge is 0.422 e. The van der Waals surface area contributed by atoms with Gasteiger partial charge in [-0.1, -0.05) is 18.8 Å². The minimum atomic E-state index is -4.27. The van der Waals surface area contributed by atoms with Crippen molar-refractivity contribution in [3.63, 3.8) is 0 Å². The Bertz CT molecular complexity index is 2230. The van der Waals surface area contributed by atoms with Crippen LogP contribution in [0, 0.1) is 11.8 Å². The normalized spacial score (nSPS) is 35.0. The molecule has 2 saturated heterocycles. The molecular weight excluding hydrogens is 701 g/mol. The average Bonchev–Trinajstić information content (AvgIpc) is 3.78. The molecule has 1 aliphatic carbocycles. The summed E-state index contributed by atoms with van der Waals surface area (Å²) in [5, 5.41) is 0. The summed E-state index contributed by atoms with van der Waals surface area (Å²) in [5.74, 6) is -0.565. The van der Waals surface area contributed by atoms with Crippen molar-refractivity contribution >= 4 is 72.0 Å². The van der Waals surface area contributed by atoms with Gasteiger partial charge in [0, 0.05) is 24.4 Å². The van der Waals surface area contributed by atoms with Gasteiger partial charge in [0.2, 0.25) is 5.78 Å². The van der Waals surface area contributed by atoms with E-state index in [2.05, 4.69) is 61.0 Å². The molecule has 8 rings (SSSR count). The molecule has 5 aromatic rings. The van der Waals surface area contributed by atoms with Gasteiger partial charge in [-0.2, -0.15) is 0 Å². The number of aromatic amines is 1. The summed E-state index contributed by atoms with van der Waals surface area (Å²) in [6, 6.07) is -0.366. The first-order valence-corrected chi connectivity index (χ1v) is 19.5. The molecule has 0 radical (unpaired) electrons. The van der Waals surface area contributed by atoms with Gasteiger partial charge >= 0.3 is 13.6 Å². The number of nitrogens with one attached hydrogen (secondary N) is 1. The van der Waals surface area contributed by atoms with Gasteiger partial charge < -0.3 is 29.1 Å². The Morgan fingerprint density at radius 1 is 1.04 bits per heavy atom. The molecule has 2 aliphatic heterocycles. The van der Waals surface area contributed by atoms with Crippen LogP contribution in [0.15, 0.2) is 48.5 Å². The lowest BCUT2D eigenvalue weighted by Crippen LogP contribution is -2.42. The lowest BCUT2D eigenvalue weighted by atomic mass is 9.68. The van der Waals surface area contributed by atoms with E-state index in [1.54, 1.807) is 10.9 Å². The minimum Gasteiger partial charge on any atom is -0.422 e. The Kier molecular flexibility index (Phi) is 7.34. The van der Waals surface area contributed by atoms with Crippen LogP contribution in [0.5, 0.6) is 0 Å². The molecule has 0 amide bonds. The monoisotopic (exact) mass is 726 g/mol. The molecular formula is C24H25FN10O8P2S2. The van der Waals surface area contributed by atoms with E-state index in [0.29, 0.717) is 17.6 Å². The van der Waals surface area contributed by atoms with Gasteiger partial charge in [0.05, 0.1) is 25.9 Å². The number of imidazole rings is 3. The fourth-order valence-electron chi connectivity index (χ4n) is 6.33. The van der Waals surface area contributed by atoms with Crippen molar-refractivity contribution in [3.05, 3.63) is 54.1 Å². The third kappa shape index (κ3) is 5.20. The first kappa shape index (κ1) is 31.0. The zero-order valence-electron chi connectivity index (χ0n) is 23.8. The summed E-state index contributed by atoms with van der Waals surface area (Å²) >= 11 is 8.27. The molecule has 47 heavy (non-hydrogen) atoms. The summed E-state index contributed by atoms with van der Waals surface area (Å²) in [6.45, 7) is -5.29. The second kappa shape index (κ2) is 11.1. The van der Waals surface area contributed by atoms with Crippen molar-refractivity contribution < 1.29 is 36.4 Å². The van der Waals surface area contributed by atoms with Crippen molar-refractivity contribution in [1.29, 1.82) is 0 Å². The number of allylic oxidation sites excluding steroid dienone is 1. The molecule has 0 spiro atoms. The Balaban J connectivity index is 1.12. The number of nitrogens with zero attached hydrogens (tertiary/aromatic N) is 8. The van der Waals surface area contributed by atoms with E-state index in [1.165, 1.54) is 34.0 Å². The molecule has 7 heterocycles. The first-order chi connectivity index (χ1) is 22.4. The first-order valence-electron chi connectivity index (χ1n) is 14.1. The SMILES string of the molecule is C=C1O[P@@](=O)(S)OC[C@H]2O[C@@H](n3cnc4c(=O)n5ccnc5[nH]c43)[C@H](O[P@@](=O)(S)OC[C@H]3C[C@@H](n4cnc5c(N)ncnc54)[C@H]13)[C@@H]2F. The predicted octanol–water partition coefficient (Wildman–Crippen LogP) is 3.25. The lowest BCUT2D eigenvalue weighted by molar-refractivity contribution is -0.0437. The lowest BCUT2D eigenvalue weighted by Gasteiger charge is -2.45. The van der Waals surface area contributed by atoms with Gasteiger partial charge in [0.1, 0.15) is 35.5 Å². The molecule has 248 valence electrons. The maximum atomic E-state index is 16.1. The fraction of sp³-hybridized carbons (Fsp3) is 0.417. The zero-order chi connectivity index (χ0) is 32.8. The number of nitrogens with two attached hydrogens (primary N) is 1. The maximum Gasteiger partial charge on any atom is 0.436 e. The Morgan fingerprint density at radius 2 is 1.81 bits per heavy atom. The number of hydrogen-bond donors (Lipinski definition) is 4. The van der Waals surface area contributed by atoms with E-state index >= 15 is 4.39 Å². The largest absolute Gasteiger partial charge is 0.436 e. The van der Waals surface area contributed by atoms with Gasteiger partial charge in [0.15, 0.2) is 29.4 Å². The molecule has 9 atom stereocenters. The summed E-state index contributed by atoms with van der Waals surface area (Å²) in [7, 11) is 0. The molecule has 3 aliphatic rings. The number of ether oxygens (including phenoxy) is 1. The topological polar surface area (TPSA) is 218 Å². The molecule has 3 N–H and O–H groups in total. The highest BCUT2D eigenvalue weighted by atomic mass is 32.7. The summed E-state index contributed by atoms with van der Waals surface area (Å²) in [4.78, 5) is 36.8. The van der Waals surface area contributed by atoms with Crippen molar-refractivity contribution in [2.45, 2.75) is 37.1 Å². The van der Waals surface area contributed by atoms with Gasteiger partial charge in [-0.25, -0.2) is 42.8 Å². The van der Waals surface area contributed by atoms with Crippen LogP contribution in [-0.2, 0) is 32.0 Å². The maximum absolute atomic E-state index is 16.1. The van der Waals surface area contributed by atoms with Crippen LogP contribution in [0.1, 0.15) is 18.7 Å². The van der Waals surface area contributed by atoms with Crippen LogP contribution in [0.4, 0.5) is 10.2 Å². The van der Waals surface area contributed by atoms with Gasteiger partial charge in [-0.15, -0.1) is 0 Å². The van der Waals surface area contributed by atoms with Gasteiger partial charge in [-0.05, 0) is 24.6 Å². The highest BCUT2D eigenvalue weighted by Gasteiger charge is 2.53. The number of fused-ring (bicyclic) bond motifs is 6. The molecule has 1 saturated carbocycles. The predicted molar refractivity (Wildman–Crippen MR) is 168 cm³/mol. The van der Waals surface area contributed by atoms with Gasteiger partial charge in [0.25, 0.3) is 5.56 Å². The van der Waals surface area contributed by atoms with Crippen molar-refractivity contribution in [2.75, 3.05) is 18.9 Å². The third-order valence-corrected chi connectivity index (χ3v) is 11.7. The van der Waals surface area contributed by atoms with Crippen molar-refractivity contribution in [1.82, 2.24) is 43.4 Å². The van der Waals surface area contributed by atoms with Crippen LogP contribution in [0.25, 0.3) is 28.1 Å². The third-order valence-electron chi connectivity index (χ3n) is 8.55. The second-order valence-corrected chi connectivity index (χ2v) is 17.0. The summed E-state index contributed by atoms with van der Waals surface area (Å²) in [6.07, 6.45) is 1.00. The molecule has 0 unspecified atom stereocenters.